The van der Waals surface area contributed by atoms with Crippen LogP contribution in [-0.2, 0) is 12.5 Å². The van der Waals surface area contributed by atoms with Crippen LogP contribution in [0.15, 0.2) is 47.0 Å². The van der Waals surface area contributed by atoms with Gasteiger partial charge in [0.05, 0.1) is 17.1 Å². The minimum Gasteiger partial charge on any atom is -0.469 e. The third-order valence-corrected chi connectivity index (χ3v) is 2.96. The number of halogens is 1. The van der Waals surface area contributed by atoms with Crippen LogP contribution in [0.1, 0.15) is 11.5 Å². The number of benzene rings is 1. The quantitative estimate of drug-likeness (QED) is 0.683. The monoisotopic (exact) mass is 274 g/mol. The summed E-state index contributed by atoms with van der Waals surface area (Å²) in [6, 6.07) is 13.6. The molecule has 0 aliphatic heterocycles. The highest BCUT2D eigenvalue weighted by Crippen LogP contribution is 2.16. The number of hydrogen-bond donors (Lipinski definition) is 0. The maximum atomic E-state index is 5.62. The van der Waals surface area contributed by atoms with Crippen molar-refractivity contribution in [3.8, 4) is 5.88 Å². The van der Waals surface area contributed by atoms with E-state index in [0.29, 0.717) is 18.2 Å². The molecule has 0 amide bonds. The molecule has 96 valence electrons. The molecule has 3 rings (SSSR count). The van der Waals surface area contributed by atoms with Crippen LogP contribution in [-0.4, -0.2) is 10.1 Å². The van der Waals surface area contributed by atoms with Crippen molar-refractivity contribution in [2.75, 3.05) is 0 Å². The van der Waals surface area contributed by atoms with Crippen LogP contribution in [0.2, 0.25) is 0 Å². The molecule has 0 aliphatic rings. The lowest BCUT2D eigenvalue weighted by molar-refractivity contribution is 0.264. The van der Waals surface area contributed by atoms with Gasteiger partial charge < -0.3 is 9.26 Å². The molecule has 3 aromatic rings. The second-order valence-electron chi connectivity index (χ2n) is 4.05. The van der Waals surface area contributed by atoms with Gasteiger partial charge in [-0.15, -0.1) is 11.6 Å². The second-order valence-corrected chi connectivity index (χ2v) is 4.32. The Morgan fingerprint density at radius 2 is 2.05 bits per heavy atom. The van der Waals surface area contributed by atoms with Crippen molar-refractivity contribution in [3.63, 3.8) is 0 Å². The molecule has 0 radical (unpaired) electrons. The van der Waals surface area contributed by atoms with Gasteiger partial charge in [-0.05, 0) is 17.3 Å². The Kier molecular flexibility index (Phi) is 3.33. The Morgan fingerprint density at radius 1 is 1.16 bits per heavy atom. The molecule has 0 saturated heterocycles. The van der Waals surface area contributed by atoms with Crippen LogP contribution in [0.5, 0.6) is 5.88 Å². The smallest absolute Gasteiger partial charge is 0.254 e. The number of rotatable bonds is 4. The van der Waals surface area contributed by atoms with Crippen molar-refractivity contribution in [2.45, 2.75) is 12.5 Å². The number of para-hydroxylation sites is 1. The number of alkyl halides is 1. The van der Waals surface area contributed by atoms with Gasteiger partial charge in [0.15, 0.2) is 5.76 Å². The van der Waals surface area contributed by atoms with E-state index in [-0.39, 0.29) is 5.88 Å². The molecule has 0 fully saturated rings. The third-order valence-electron chi connectivity index (χ3n) is 2.69. The molecule has 2 aromatic heterocycles. The Balaban J connectivity index is 1.74. The number of fused-ring (bicyclic) bond motifs is 1. The molecule has 0 bridgehead atoms. The van der Waals surface area contributed by atoms with E-state index in [1.165, 1.54) is 0 Å². The van der Waals surface area contributed by atoms with Gasteiger partial charge in [0, 0.05) is 11.5 Å². The summed E-state index contributed by atoms with van der Waals surface area (Å²) in [6.07, 6.45) is 0. The Labute approximate surface area is 115 Å². The van der Waals surface area contributed by atoms with Gasteiger partial charge >= 0.3 is 0 Å². The zero-order valence-corrected chi connectivity index (χ0v) is 10.8. The van der Waals surface area contributed by atoms with Crippen molar-refractivity contribution in [1.82, 2.24) is 10.1 Å². The summed E-state index contributed by atoms with van der Waals surface area (Å²) in [5, 5.41) is 4.86. The average Bonchev–Trinajstić information content (AvgIpc) is 2.93. The van der Waals surface area contributed by atoms with Gasteiger partial charge in [-0.25, -0.2) is 4.98 Å². The maximum Gasteiger partial charge on any atom is 0.254 e. The van der Waals surface area contributed by atoms with Gasteiger partial charge in [-0.1, -0.05) is 24.3 Å². The summed E-state index contributed by atoms with van der Waals surface area (Å²) in [6.45, 7) is 0.346. The molecular weight excluding hydrogens is 264 g/mol. The normalized spacial score (nSPS) is 10.8. The van der Waals surface area contributed by atoms with E-state index < -0.39 is 0 Å². The SMILES string of the molecule is ClCc1cc(OCc2ccc3ccccc3n2)no1. The first-order valence-electron chi connectivity index (χ1n) is 5.84. The molecule has 19 heavy (non-hydrogen) atoms. The van der Waals surface area contributed by atoms with Gasteiger partial charge in [-0.3, -0.25) is 0 Å². The number of pyridine rings is 1. The van der Waals surface area contributed by atoms with E-state index in [0.717, 1.165) is 16.6 Å². The molecule has 0 N–H and O–H groups in total. The van der Waals surface area contributed by atoms with Gasteiger partial charge in [0.1, 0.15) is 6.61 Å². The van der Waals surface area contributed by atoms with E-state index in [1.807, 2.05) is 36.4 Å². The highest BCUT2D eigenvalue weighted by Gasteiger charge is 2.05. The standard InChI is InChI=1S/C14H11ClN2O2/c15-8-12-7-14(17-19-12)18-9-11-6-5-10-3-1-2-4-13(10)16-11/h1-7H,8-9H2. The topological polar surface area (TPSA) is 48.2 Å². The lowest BCUT2D eigenvalue weighted by Crippen LogP contribution is -1.98. The highest BCUT2D eigenvalue weighted by atomic mass is 35.5. The molecule has 0 unspecified atom stereocenters. The molecule has 4 nitrogen and oxygen atoms in total. The Hall–Kier alpha value is -2.07. The van der Waals surface area contributed by atoms with Crippen molar-refractivity contribution in [3.05, 3.63) is 53.9 Å². The predicted octanol–water partition coefficient (Wildman–Crippen LogP) is 3.54. The maximum absolute atomic E-state index is 5.62. The fraction of sp³-hybridized carbons (Fsp3) is 0.143. The molecule has 0 spiro atoms. The first kappa shape index (κ1) is 12.0. The summed E-state index contributed by atoms with van der Waals surface area (Å²) in [5.74, 6) is 1.29. The van der Waals surface area contributed by atoms with Gasteiger partial charge in [0.2, 0.25) is 0 Å². The second kappa shape index (κ2) is 5.28. The number of nitrogens with zero attached hydrogens (tertiary/aromatic N) is 2. The summed E-state index contributed by atoms with van der Waals surface area (Å²) < 4.78 is 10.4. The number of ether oxygens (including phenoxy) is 1. The van der Waals surface area contributed by atoms with Crippen molar-refractivity contribution >= 4 is 22.5 Å². The molecule has 0 aliphatic carbocycles. The summed E-state index contributed by atoms with van der Waals surface area (Å²) in [5.41, 5.74) is 1.79. The molecule has 5 heteroatoms. The van der Waals surface area contributed by atoms with Gasteiger partial charge in [0.25, 0.3) is 5.88 Å². The number of hydrogen-bond acceptors (Lipinski definition) is 4. The van der Waals surface area contributed by atoms with E-state index in [2.05, 4.69) is 10.1 Å². The summed E-state index contributed by atoms with van der Waals surface area (Å²) >= 11 is 5.62. The zero-order chi connectivity index (χ0) is 13.1. The van der Waals surface area contributed by atoms with Crippen LogP contribution < -0.4 is 4.74 Å². The fourth-order valence-electron chi connectivity index (χ4n) is 1.76. The molecule has 0 saturated carbocycles. The van der Waals surface area contributed by atoms with E-state index in [9.17, 15) is 0 Å². The lowest BCUT2D eigenvalue weighted by atomic mass is 10.2. The minimum atomic E-state index is 0.282. The van der Waals surface area contributed by atoms with Crippen LogP contribution in [0.4, 0.5) is 0 Å². The lowest BCUT2D eigenvalue weighted by Gasteiger charge is -2.03. The average molecular weight is 275 g/mol. The van der Waals surface area contributed by atoms with Crippen LogP contribution in [0.3, 0.4) is 0 Å². The van der Waals surface area contributed by atoms with Crippen molar-refractivity contribution in [1.29, 1.82) is 0 Å². The zero-order valence-electron chi connectivity index (χ0n) is 10.0. The van der Waals surface area contributed by atoms with Crippen molar-refractivity contribution < 1.29 is 9.26 Å². The van der Waals surface area contributed by atoms with E-state index >= 15 is 0 Å². The highest BCUT2D eigenvalue weighted by molar-refractivity contribution is 6.16. The molecule has 2 heterocycles. The first-order chi connectivity index (χ1) is 9.35. The largest absolute Gasteiger partial charge is 0.469 e. The minimum absolute atomic E-state index is 0.282. The molecule has 1 aromatic carbocycles. The first-order valence-corrected chi connectivity index (χ1v) is 6.37. The summed E-state index contributed by atoms with van der Waals surface area (Å²) in [4.78, 5) is 4.51. The number of aromatic nitrogens is 2. The van der Waals surface area contributed by atoms with Crippen molar-refractivity contribution in [2.24, 2.45) is 0 Å². The van der Waals surface area contributed by atoms with E-state index in [1.54, 1.807) is 6.07 Å². The Bertz CT molecular complexity index is 696. The molecule has 0 atom stereocenters. The third kappa shape index (κ3) is 2.69. The Morgan fingerprint density at radius 3 is 2.89 bits per heavy atom. The van der Waals surface area contributed by atoms with Gasteiger partial charge in [-0.2, -0.15) is 0 Å². The fourth-order valence-corrected chi connectivity index (χ4v) is 1.89. The van der Waals surface area contributed by atoms with Crippen LogP contribution in [0, 0.1) is 0 Å². The summed E-state index contributed by atoms with van der Waals surface area (Å²) in [7, 11) is 0. The van der Waals surface area contributed by atoms with E-state index in [4.69, 9.17) is 20.9 Å². The predicted molar refractivity (Wildman–Crippen MR) is 72.1 cm³/mol. The van der Waals surface area contributed by atoms with Crippen LogP contribution in [0.25, 0.3) is 10.9 Å². The molecular formula is C14H11ClN2O2. The van der Waals surface area contributed by atoms with Crippen LogP contribution >= 0.6 is 11.6 Å².